The Morgan fingerprint density at radius 1 is 0.951 bits per heavy atom. The van der Waals surface area contributed by atoms with Crippen LogP contribution in [-0.2, 0) is 19.2 Å². The van der Waals surface area contributed by atoms with Gasteiger partial charge in [0.15, 0.2) is 0 Å². The average Bonchev–Trinajstić information content (AvgIpc) is 3.17. The fraction of sp³-hybridized carbons (Fsp3) is 0.833. The summed E-state index contributed by atoms with van der Waals surface area (Å²) in [7, 11) is 0. The maximum atomic E-state index is 15.0. The maximum Gasteiger partial charge on any atom is 0.315 e. The zero-order valence-electron chi connectivity index (χ0n) is 25.4. The first-order valence-electron chi connectivity index (χ1n) is 15.1. The Morgan fingerprint density at radius 3 is 2.07 bits per heavy atom. The zero-order valence-corrected chi connectivity index (χ0v) is 25.4. The first kappa shape index (κ1) is 31.2. The molecule has 4 fully saturated rings. The van der Waals surface area contributed by atoms with Crippen LogP contribution in [0.25, 0.3) is 0 Å². The number of likely N-dealkylation sites (tertiary alicyclic amines) is 1. The summed E-state index contributed by atoms with van der Waals surface area (Å²) in [6.07, 6.45) is 5.77. The number of urea groups is 1. The Balaban J connectivity index is 1.53. The molecule has 0 radical (unpaired) electrons. The third kappa shape index (κ3) is 6.38. The van der Waals surface area contributed by atoms with Crippen LogP contribution in [0.1, 0.15) is 99.3 Å². The first-order chi connectivity index (χ1) is 18.9. The van der Waals surface area contributed by atoms with Gasteiger partial charge in [0, 0.05) is 18.5 Å². The summed E-state index contributed by atoms with van der Waals surface area (Å²) in [4.78, 5) is 66.9. The molecule has 11 heteroatoms. The van der Waals surface area contributed by atoms with E-state index in [2.05, 4.69) is 16.0 Å². The van der Waals surface area contributed by atoms with Gasteiger partial charge in [-0.05, 0) is 61.7 Å². The summed E-state index contributed by atoms with van der Waals surface area (Å²) >= 11 is 0. The lowest BCUT2D eigenvalue weighted by molar-refractivity contribution is -0.145. The summed E-state index contributed by atoms with van der Waals surface area (Å²) in [5, 5.41) is 8.57. The van der Waals surface area contributed by atoms with E-state index in [1.54, 1.807) is 0 Å². The van der Waals surface area contributed by atoms with Crippen LogP contribution in [0, 0.1) is 22.7 Å². The quantitative estimate of drug-likeness (QED) is 0.311. The fourth-order valence-electron chi connectivity index (χ4n) is 7.29. The van der Waals surface area contributed by atoms with Gasteiger partial charge < -0.3 is 26.6 Å². The molecule has 230 valence electrons. The van der Waals surface area contributed by atoms with Crippen molar-refractivity contribution in [2.75, 3.05) is 6.54 Å². The third-order valence-electron chi connectivity index (χ3n) is 10.2. The summed E-state index contributed by atoms with van der Waals surface area (Å²) in [6.45, 7) is 12.0. The number of nitrogens with two attached hydrogens (primary N) is 1. The lowest BCUT2D eigenvalue weighted by Crippen LogP contribution is -2.63. The van der Waals surface area contributed by atoms with Crippen molar-refractivity contribution in [1.82, 2.24) is 20.9 Å². The van der Waals surface area contributed by atoms with Gasteiger partial charge in [-0.15, -0.1) is 0 Å². The number of ketones is 1. The molecule has 4 rings (SSSR count). The van der Waals surface area contributed by atoms with Crippen molar-refractivity contribution in [3.8, 4) is 0 Å². The van der Waals surface area contributed by atoms with Crippen molar-refractivity contribution in [1.29, 1.82) is 0 Å². The molecule has 10 nitrogen and oxygen atoms in total. The molecule has 4 aliphatic rings. The molecule has 5 amide bonds. The van der Waals surface area contributed by atoms with Crippen molar-refractivity contribution in [2.24, 2.45) is 28.4 Å². The standard InChI is InChI=1S/C30H48FN5O5/c1-27(2,3)22(34-26(41)35-29(6)11-8-7-9-12-29)25(40)36-16-17-19(28(17,4)5)20(36)24(39)33-18(21(37)23(32)38)15-30(31)13-10-14-30/h17-20,22H,7-16H2,1-6H3,(H2,32,38)(H,33,39)(H2,34,35,41)/t17-,18?,19-,20-,22+/m0/s1. The molecule has 1 heterocycles. The number of Topliss-reactive ketones (excluding diaryl/α,β-unsaturated/α-hetero) is 1. The largest absolute Gasteiger partial charge is 0.363 e. The minimum atomic E-state index is -1.64. The van der Waals surface area contributed by atoms with E-state index in [1.807, 2.05) is 41.5 Å². The molecule has 0 aromatic carbocycles. The van der Waals surface area contributed by atoms with Crippen LogP contribution in [0.3, 0.4) is 0 Å². The van der Waals surface area contributed by atoms with Crippen LogP contribution in [0.4, 0.5) is 9.18 Å². The number of halogens is 1. The molecule has 0 spiro atoms. The Kier molecular flexibility index (Phi) is 8.25. The minimum absolute atomic E-state index is 0.0576. The number of nitrogens with zero attached hydrogens (tertiary/aromatic N) is 1. The van der Waals surface area contributed by atoms with Crippen molar-refractivity contribution in [3.63, 3.8) is 0 Å². The van der Waals surface area contributed by atoms with Gasteiger partial charge in [-0.25, -0.2) is 9.18 Å². The second kappa shape index (κ2) is 10.8. The predicted molar refractivity (Wildman–Crippen MR) is 151 cm³/mol. The highest BCUT2D eigenvalue weighted by Crippen LogP contribution is 2.65. The van der Waals surface area contributed by atoms with Crippen LogP contribution in [0.2, 0.25) is 0 Å². The number of carbonyl (C=O) groups is 5. The Bertz CT molecular complexity index is 1090. The molecule has 3 saturated carbocycles. The number of fused-ring (bicyclic) bond motifs is 1. The Hall–Kier alpha value is -2.72. The van der Waals surface area contributed by atoms with Crippen LogP contribution in [0.15, 0.2) is 0 Å². The number of alkyl halides is 1. The van der Waals surface area contributed by atoms with Gasteiger partial charge in [0.05, 0.1) is 0 Å². The summed E-state index contributed by atoms with van der Waals surface area (Å²) in [5.41, 5.74) is 2.38. The number of rotatable bonds is 9. The maximum absolute atomic E-state index is 15.0. The van der Waals surface area contributed by atoms with Crippen molar-refractivity contribution in [3.05, 3.63) is 0 Å². The number of amides is 5. The highest BCUT2D eigenvalue weighted by atomic mass is 19.1. The Morgan fingerprint density at radius 2 is 1.56 bits per heavy atom. The van der Waals surface area contributed by atoms with E-state index in [1.165, 1.54) is 4.90 Å². The van der Waals surface area contributed by atoms with Crippen LogP contribution >= 0.6 is 0 Å². The molecule has 5 N–H and O–H groups in total. The predicted octanol–water partition coefficient (Wildman–Crippen LogP) is 2.73. The molecule has 1 saturated heterocycles. The molecule has 41 heavy (non-hydrogen) atoms. The van der Waals surface area contributed by atoms with Gasteiger partial charge in [-0.3, -0.25) is 19.2 Å². The zero-order chi connectivity index (χ0) is 30.5. The van der Waals surface area contributed by atoms with Gasteiger partial charge in [0.1, 0.15) is 23.8 Å². The SMILES string of the molecule is CC1(NC(=O)N[C@H](C(=O)N2C[C@H]3[C@@H]([C@H]2C(=O)NC(CC2(F)CCC2)C(=O)C(N)=O)C3(C)C)C(C)(C)C)CCCCC1. The van der Waals surface area contributed by atoms with E-state index in [-0.39, 0.29) is 48.0 Å². The summed E-state index contributed by atoms with van der Waals surface area (Å²) in [5.74, 6) is -3.39. The normalized spacial score (nSPS) is 28.8. The lowest BCUT2D eigenvalue weighted by atomic mass is 9.77. The van der Waals surface area contributed by atoms with E-state index in [0.29, 0.717) is 13.0 Å². The van der Waals surface area contributed by atoms with E-state index in [0.717, 1.165) is 32.1 Å². The molecule has 1 aliphatic heterocycles. The monoisotopic (exact) mass is 577 g/mol. The smallest absolute Gasteiger partial charge is 0.315 e. The number of piperidine rings is 1. The second-order valence-electron chi connectivity index (χ2n) is 14.9. The second-order valence-corrected chi connectivity index (χ2v) is 14.9. The molecular formula is C30H48FN5O5. The Labute approximate surface area is 242 Å². The number of primary amides is 1. The van der Waals surface area contributed by atoms with E-state index in [4.69, 9.17) is 5.73 Å². The molecule has 0 bridgehead atoms. The van der Waals surface area contributed by atoms with Gasteiger partial charge in [0.25, 0.3) is 5.91 Å². The van der Waals surface area contributed by atoms with Gasteiger partial charge in [-0.1, -0.05) is 53.9 Å². The average molecular weight is 578 g/mol. The summed E-state index contributed by atoms with van der Waals surface area (Å²) < 4.78 is 15.0. The summed E-state index contributed by atoms with van der Waals surface area (Å²) in [6, 6.07) is -3.66. The highest BCUT2D eigenvalue weighted by Gasteiger charge is 2.70. The van der Waals surface area contributed by atoms with Crippen molar-refractivity contribution in [2.45, 2.75) is 129 Å². The van der Waals surface area contributed by atoms with Crippen LogP contribution in [-0.4, -0.2) is 70.3 Å². The van der Waals surface area contributed by atoms with Crippen molar-refractivity contribution >= 4 is 29.5 Å². The third-order valence-corrected chi connectivity index (χ3v) is 10.2. The highest BCUT2D eigenvalue weighted by molar-refractivity contribution is 6.37. The van der Waals surface area contributed by atoms with Crippen LogP contribution in [0.5, 0.6) is 0 Å². The van der Waals surface area contributed by atoms with Crippen molar-refractivity contribution < 1.29 is 28.4 Å². The lowest BCUT2D eigenvalue weighted by Gasteiger charge is -2.40. The number of nitrogens with one attached hydrogen (secondary N) is 3. The first-order valence-corrected chi connectivity index (χ1v) is 15.1. The van der Waals surface area contributed by atoms with Gasteiger partial charge >= 0.3 is 6.03 Å². The number of carbonyl (C=O) groups excluding carboxylic acids is 5. The molecular weight excluding hydrogens is 529 g/mol. The topological polar surface area (TPSA) is 151 Å². The molecule has 0 aromatic rings. The molecule has 5 atom stereocenters. The fourth-order valence-corrected chi connectivity index (χ4v) is 7.29. The number of hydrogen-bond acceptors (Lipinski definition) is 5. The van der Waals surface area contributed by atoms with E-state index in [9.17, 15) is 24.0 Å². The molecule has 1 unspecified atom stereocenters. The van der Waals surface area contributed by atoms with Gasteiger partial charge in [0.2, 0.25) is 17.6 Å². The van der Waals surface area contributed by atoms with Crippen LogP contribution < -0.4 is 21.7 Å². The molecule has 0 aromatic heterocycles. The van der Waals surface area contributed by atoms with Gasteiger partial charge in [-0.2, -0.15) is 0 Å². The van der Waals surface area contributed by atoms with E-state index >= 15 is 4.39 Å². The minimum Gasteiger partial charge on any atom is -0.363 e. The number of hydrogen-bond donors (Lipinski definition) is 4. The van der Waals surface area contributed by atoms with E-state index < -0.39 is 52.8 Å². The molecule has 3 aliphatic carbocycles.